The average molecular weight is 314 g/mol. The topological polar surface area (TPSA) is 93.1 Å². The van der Waals surface area contributed by atoms with Gasteiger partial charge in [-0.1, -0.05) is 0 Å². The molecule has 0 saturated heterocycles. The second kappa shape index (κ2) is 5.01. The molecule has 3 rings (SSSR count). The first-order valence-corrected chi connectivity index (χ1v) is 6.82. The van der Waals surface area contributed by atoms with E-state index in [2.05, 4.69) is 0 Å². The van der Waals surface area contributed by atoms with E-state index in [0.717, 1.165) is 0 Å². The lowest BCUT2D eigenvalue weighted by atomic mass is 9.82. The van der Waals surface area contributed by atoms with Gasteiger partial charge < -0.3 is 19.7 Å². The van der Waals surface area contributed by atoms with Gasteiger partial charge in [0.1, 0.15) is 0 Å². The Hall–Kier alpha value is -3.02. The van der Waals surface area contributed by atoms with E-state index in [1.54, 1.807) is 6.92 Å². The van der Waals surface area contributed by atoms with Crippen molar-refractivity contribution in [2.24, 2.45) is 0 Å². The fraction of sp³-hybridized carbons (Fsp3) is 0.176. The number of aryl methyl sites for hydroxylation is 1. The van der Waals surface area contributed by atoms with Crippen LogP contribution in [0.5, 0.6) is 23.0 Å². The van der Waals surface area contributed by atoms with Crippen molar-refractivity contribution in [3.05, 3.63) is 46.0 Å². The zero-order chi connectivity index (χ0) is 16.9. The van der Waals surface area contributed by atoms with Gasteiger partial charge in [0.05, 0.1) is 25.3 Å². The fourth-order valence-corrected chi connectivity index (χ4v) is 2.84. The van der Waals surface area contributed by atoms with E-state index < -0.39 is 11.6 Å². The van der Waals surface area contributed by atoms with Crippen LogP contribution in [0.2, 0.25) is 0 Å². The minimum atomic E-state index is -0.547. The summed E-state index contributed by atoms with van der Waals surface area (Å²) in [5.41, 5.74) is 0.659. The first-order chi connectivity index (χ1) is 10.9. The molecule has 6 heteroatoms. The number of hydrogen-bond acceptors (Lipinski definition) is 6. The predicted molar refractivity (Wildman–Crippen MR) is 80.9 cm³/mol. The van der Waals surface area contributed by atoms with E-state index in [4.69, 9.17) is 9.47 Å². The molecule has 2 aromatic rings. The summed E-state index contributed by atoms with van der Waals surface area (Å²) in [5.74, 6) is -1.52. The zero-order valence-electron chi connectivity index (χ0n) is 12.8. The zero-order valence-corrected chi connectivity index (χ0v) is 12.8. The maximum atomic E-state index is 12.9. The molecule has 0 saturated carbocycles. The fourth-order valence-electron chi connectivity index (χ4n) is 2.84. The Balaban J connectivity index is 2.41. The van der Waals surface area contributed by atoms with Gasteiger partial charge in [-0.15, -0.1) is 0 Å². The van der Waals surface area contributed by atoms with Gasteiger partial charge in [-0.3, -0.25) is 9.59 Å². The Labute approximate surface area is 131 Å². The summed E-state index contributed by atoms with van der Waals surface area (Å²) in [7, 11) is 2.61. The third-order valence-corrected chi connectivity index (χ3v) is 3.93. The van der Waals surface area contributed by atoms with E-state index in [0.29, 0.717) is 5.56 Å². The van der Waals surface area contributed by atoms with E-state index in [-0.39, 0.29) is 45.3 Å². The van der Waals surface area contributed by atoms with Crippen molar-refractivity contribution in [3.8, 4) is 23.0 Å². The molecule has 0 fully saturated rings. The number of rotatable bonds is 2. The van der Waals surface area contributed by atoms with E-state index in [1.807, 2.05) is 0 Å². The van der Waals surface area contributed by atoms with Crippen molar-refractivity contribution in [1.29, 1.82) is 0 Å². The number of ketones is 2. The average Bonchev–Trinajstić information content (AvgIpc) is 2.54. The number of aromatic hydroxyl groups is 2. The van der Waals surface area contributed by atoms with Crippen molar-refractivity contribution < 1.29 is 29.3 Å². The lowest BCUT2D eigenvalue weighted by Gasteiger charge is -2.23. The molecule has 0 aromatic heterocycles. The highest BCUT2D eigenvalue weighted by molar-refractivity contribution is 6.30. The summed E-state index contributed by atoms with van der Waals surface area (Å²) in [4.78, 5) is 25.6. The highest BCUT2D eigenvalue weighted by atomic mass is 16.5. The number of phenolic OH excluding ortho intramolecular Hbond substituents is 2. The lowest BCUT2D eigenvalue weighted by Crippen LogP contribution is -2.23. The van der Waals surface area contributed by atoms with Gasteiger partial charge in [0, 0.05) is 11.1 Å². The van der Waals surface area contributed by atoms with Crippen molar-refractivity contribution in [1.82, 2.24) is 0 Å². The smallest absolute Gasteiger partial charge is 0.202 e. The van der Waals surface area contributed by atoms with Crippen LogP contribution in [0.25, 0.3) is 0 Å². The van der Waals surface area contributed by atoms with Crippen LogP contribution in [0.15, 0.2) is 18.2 Å². The van der Waals surface area contributed by atoms with E-state index in [9.17, 15) is 19.8 Å². The van der Waals surface area contributed by atoms with Crippen molar-refractivity contribution in [2.75, 3.05) is 14.2 Å². The maximum Gasteiger partial charge on any atom is 0.202 e. The largest absolute Gasteiger partial charge is 0.504 e. The molecule has 0 amide bonds. The molecular weight excluding hydrogens is 300 g/mol. The molecule has 23 heavy (non-hydrogen) atoms. The molecular formula is C17H14O6. The number of phenols is 2. The highest BCUT2D eigenvalue weighted by Crippen LogP contribution is 2.44. The van der Waals surface area contributed by atoms with Gasteiger partial charge >= 0.3 is 0 Å². The van der Waals surface area contributed by atoms with E-state index >= 15 is 0 Å². The second-order valence-corrected chi connectivity index (χ2v) is 5.20. The third-order valence-electron chi connectivity index (χ3n) is 3.93. The lowest BCUT2D eigenvalue weighted by molar-refractivity contribution is 0.0972. The summed E-state index contributed by atoms with van der Waals surface area (Å²) in [5, 5.41) is 20.0. The third kappa shape index (κ3) is 1.88. The Morgan fingerprint density at radius 2 is 1.48 bits per heavy atom. The molecule has 0 heterocycles. The molecule has 0 bridgehead atoms. The van der Waals surface area contributed by atoms with Gasteiger partial charge in [0.15, 0.2) is 28.8 Å². The molecule has 0 aliphatic heterocycles. The summed E-state index contributed by atoms with van der Waals surface area (Å²) in [6.07, 6.45) is 0. The molecule has 118 valence electrons. The summed E-state index contributed by atoms with van der Waals surface area (Å²) >= 11 is 0. The number of carbonyl (C=O) groups excluding carboxylic acids is 2. The monoisotopic (exact) mass is 314 g/mol. The number of carbonyl (C=O) groups is 2. The quantitative estimate of drug-likeness (QED) is 0.753. The summed E-state index contributed by atoms with van der Waals surface area (Å²) < 4.78 is 10.2. The van der Waals surface area contributed by atoms with Crippen LogP contribution >= 0.6 is 0 Å². The molecule has 6 nitrogen and oxygen atoms in total. The Morgan fingerprint density at radius 3 is 2.09 bits per heavy atom. The normalized spacial score (nSPS) is 12.7. The summed E-state index contributed by atoms with van der Waals surface area (Å²) in [6, 6.07) is 4.14. The molecule has 0 unspecified atom stereocenters. The van der Waals surface area contributed by atoms with Crippen LogP contribution in [0.1, 0.15) is 37.4 Å². The van der Waals surface area contributed by atoms with Crippen LogP contribution < -0.4 is 9.47 Å². The van der Waals surface area contributed by atoms with Crippen LogP contribution in [0, 0.1) is 6.92 Å². The molecule has 0 radical (unpaired) electrons. The van der Waals surface area contributed by atoms with Crippen LogP contribution in [0.4, 0.5) is 0 Å². The molecule has 1 aliphatic rings. The molecule has 0 atom stereocenters. The number of methoxy groups -OCH3 is 2. The van der Waals surface area contributed by atoms with Gasteiger partial charge in [-0.05, 0) is 30.7 Å². The van der Waals surface area contributed by atoms with Crippen molar-refractivity contribution in [2.45, 2.75) is 6.92 Å². The maximum absolute atomic E-state index is 12.9. The first-order valence-electron chi connectivity index (χ1n) is 6.82. The molecule has 2 aromatic carbocycles. The first kappa shape index (κ1) is 14.9. The minimum absolute atomic E-state index is 0.0306. The van der Waals surface area contributed by atoms with E-state index in [1.165, 1.54) is 32.4 Å². The van der Waals surface area contributed by atoms with Crippen LogP contribution in [0.3, 0.4) is 0 Å². The molecule has 0 spiro atoms. The van der Waals surface area contributed by atoms with Gasteiger partial charge in [0.25, 0.3) is 0 Å². The Kier molecular flexibility index (Phi) is 3.25. The highest BCUT2D eigenvalue weighted by Gasteiger charge is 2.37. The number of ether oxygens (including phenoxy) is 2. The van der Waals surface area contributed by atoms with Crippen LogP contribution in [-0.2, 0) is 0 Å². The Bertz CT molecular complexity index is 866. The van der Waals surface area contributed by atoms with Gasteiger partial charge in [-0.25, -0.2) is 0 Å². The minimum Gasteiger partial charge on any atom is -0.504 e. The SMILES string of the molecule is COc1c(O)ccc2c1C(=O)c1c(cc(C)c(O)c1OC)C2=O. The number of fused-ring (bicyclic) bond motifs is 2. The standard InChI is InChI=1S/C17H14O6/c1-7-6-9-12(17(23-3)13(7)19)15(21)11-8(14(9)20)4-5-10(18)16(11)22-2/h4-6,18-19H,1-3H3. The number of hydrogen-bond donors (Lipinski definition) is 2. The molecule has 2 N–H and O–H groups in total. The summed E-state index contributed by atoms with van der Waals surface area (Å²) in [6.45, 7) is 1.61. The predicted octanol–water partition coefficient (Wildman–Crippen LogP) is 2.20. The molecule has 1 aliphatic carbocycles. The van der Waals surface area contributed by atoms with Crippen molar-refractivity contribution in [3.63, 3.8) is 0 Å². The Morgan fingerprint density at radius 1 is 0.870 bits per heavy atom. The second-order valence-electron chi connectivity index (χ2n) is 5.20. The van der Waals surface area contributed by atoms with Gasteiger partial charge in [-0.2, -0.15) is 0 Å². The van der Waals surface area contributed by atoms with Gasteiger partial charge in [0.2, 0.25) is 5.78 Å². The number of benzene rings is 2. The van der Waals surface area contributed by atoms with Crippen molar-refractivity contribution >= 4 is 11.6 Å². The van der Waals surface area contributed by atoms with Crippen LogP contribution in [-0.4, -0.2) is 36.0 Å².